The van der Waals surface area contributed by atoms with E-state index in [0.717, 1.165) is 33.4 Å². The van der Waals surface area contributed by atoms with E-state index in [9.17, 15) is 0 Å². The Hall–Kier alpha value is -2.54. The van der Waals surface area contributed by atoms with Crippen molar-refractivity contribution in [3.05, 3.63) is 107 Å². The zero-order valence-corrected chi connectivity index (χ0v) is 15.5. The Bertz CT molecular complexity index is 960. The van der Waals surface area contributed by atoms with E-state index in [4.69, 9.17) is 23.2 Å². The van der Waals surface area contributed by atoms with E-state index in [1.807, 2.05) is 66.7 Å². The molecule has 4 rings (SSSR count). The molecular weight excluding hydrogens is 359 g/mol. The summed E-state index contributed by atoms with van der Waals surface area (Å²) in [5.74, 6) is 0. The molecule has 0 aromatic heterocycles. The SMILES string of the molecule is Clc1c(-c2ccccc2)cc(-c2ccccc2)c(Cl)c1-c1ccccc1. The maximum Gasteiger partial charge on any atom is 0.0578 e. The molecule has 0 aliphatic carbocycles. The van der Waals surface area contributed by atoms with E-state index >= 15 is 0 Å². The van der Waals surface area contributed by atoms with Gasteiger partial charge in [0.05, 0.1) is 10.0 Å². The highest BCUT2D eigenvalue weighted by molar-refractivity contribution is 6.42. The maximum absolute atomic E-state index is 6.86. The van der Waals surface area contributed by atoms with E-state index in [2.05, 4.69) is 30.3 Å². The lowest BCUT2D eigenvalue weighted by atomic mass is 9.93. The fourth-order valence-electron chi connectivity index (χ4n) is 3.15. The van der Waals surface area contributed by atoms with Gasteiger partial charge in [0.1, 0.15) is 0 Å². The van der Waals surface area contributed by atoms with Gasteiger partial charge in [-0.2, -0.15) is 0 Å². The molecule has 0 bridgehead atoms. The number of hydrogen-bond acceptors (Lipinski definition) is 0. The van der Waals surface area contributed by atoms with Crippen LogP contribution in [0.2, 0.25) is 10.0 Å². The maximum atomic E-state index is 6.86. The van der Waals surface area contributed by atoms with Crippen molar-refractivity contribution in [2.75, 3.05) is 0 Å². The van der Waals surface area contributed by atoms with E-state index in [1.54, 1.807) is 0 Å². The second kappa shape index (κ2) is 7.37. The quantitative estimate of drug-likeness (QED) is 0.340. The predicted molar refractivity (Wildman–Crippen MR) is 113 cm³/mol. The molecule has 0 nitrogen and oxygen atoms in total. The zero-order valence-electron chi connectivity index (χ0n) is 14.0. The summed E-state index contributed by atoms with van der Waals surface area (Å²) >= 11 is 13.7. The molecule has 0 saturated carbocycles. The lowest BCUT2D eigenvalue weighted by Crippen LogP contribution is -1.91. The zero-order chi connectivity index (χ0) is 17.9. The molecule has 0 saturated heterocycles. The van der Waals surface area contributed by atoms with Gasteiger partial charge in [0.15, 0.2) is 0 Å². The van der Waals surface area contributed by atoms with E-state index in [1.165, 1.54) is 0 Å². The molecule has 0 aliphatic heterocycles. The average Bonchev–Trinajstić information content (AvgIpc) is 2.70. The Morgan fingerprint density at radius 1 is 0.423 bits per heavy atom. The van der Waals surface area contributed by atoms with Gasteiger partial charge >= 0.3 is 0 Å². The van der Waals surface area contributed by atoms with Crippen molar-refractivity contribution in [1.29, 1.82) is 0 Å². The topological polar surface area (TPSA) is 0 Å². The molecule has 0 fully saturated rings. The fourth-order valence-corrected chi connectivity index (χ4v) is 3.93. The first kappa shape index (κ1) is 16.9. The molecule has 0 aliphatic rings. The Morgan fingerprint density at radius 2 is 0.769 bits per heavy atom. The number of halogens is 2. The third-order valence-electron chi connectivity index (χ3n) is 4.43. The van der Waals surface area contributed by atoms with Crippen molar-refractivity contribution >= 4 is 23.2 Å². The van der Waals surface area contributed by atoms with Crippen LogP contribution in [-0.4, -0.2) is 0 Å². The first-order valence-corrected chi connectivity index (χ1v) is 9.19. The summed E-state index contributed by atoms with van der Waals surface area (Å²) in [6.07, 6.45) is 0. The van der Waals surface area contributed by atoms with Crippen LogP contribution >= 0.6 is 23.2 Å². The minimum atomic E-state index is 0.673. The molecule has 0 atom stereocenters. The highest BCUT2D eigenvalue weighted by atomic mass is 35.5. The summed E-state index contributed by atoms with van der Waals surface area (Å²) < 4.78 is 0. The molecule has 2 heteroatoms. The van der Waals surface area contributed by atoms with Gasteiger partial charge in [-0.3, -0.25) is 0 Å². The van der Waals surface area contributed by atoms with Crippen LogP contribution in [0.4, 0.5) is 0 Å². The molecule has 126 valence electrons. The van der Waals surface area contributed by atoms with Gasteiger partial charge in [-0.1, -0.05) is 114 Å². The van der Waals surface area contributed by atoms with Gasteiger partial charge < -0.3 is 0 Å². The number of rotatable bonds is 3. The smallest absolute Gasteiger partial charge is 0.0578 e. The second-order valence-corrected chi connectivity index (χ2v) is 6.83. The minimum Gasteiger partial charge on any atom is -0.0829 e. The Balaban J connectivity index is 2.05. The van der Waals surface area contributed by atoms with Crippen LogP contribution in [0.25, 0.3) is 33.4 Å². The highest BCUT2D eigenvalue weighted by Crippen LogP contribution is 2.46. The van der Waals surface area contributed by atoms with Crippen LogP contribution in [-0.2, 0) is 0 Å². The molecule has 0 radical (unpaired) electrons. The molecule has 0 N–H and O–H groups in total. The standard InChI is InChI=1S/C24H16Cl2/c25-23-20(17-10-4-1-5-11-17)16-21(18-12-6-2-7-13-18)24(26)22(23)19-14-8-3-9-15-19/h1-16H. The second-order valence-electron chi connectivity index (χ2n) is 6.07. The number of hydrogen-bond donors (Lipinski definition) is 0. The summed E-state index contributed by atoms with van der Waals surface area (Å²) in [6, 6.07) is 32.5. The van der Waals surface area contributed by atoms with Crippen LogP contribution in [0, 0.1) is 0 Å². The monoisotopic (exact) mass is 374 g/mol. The van der Waals surface area contributed by atoms with Crippen molar-refractivity contribution in [2.45, 2.75) is 0 Å². The van der Waals surface area contributed by atoms with Crippen LogP contribution in [0.15, 0.2) is 97.1 Å². The number of benzene rings is 4. The van der Waals surface area contributed by atoms with Crippen LogP contribution < -0.4 is 0 Å². The van der Waals surface area contributed by atoms with Gasteiger partial charge in [-0.15, -0.1) is 0 Å². The van der Waals surface area contributed by atoms with Crippen molar-refractivity contribution in [1.82, 2.24) is 0 Å². The first-order valence-electron chi connectivity index (χ1n) is 8.44. The fraction of sp³-hybridized carbons (Fsp3) is 0. The molecule has 26 heavy (non-hydrogen) atoms. The van der Waals surface area contributed by atoms with E-state index in [-0.39, 0.29) is 0 Å². The molecular formula is C24H16Cl2. The molecule has 0 amide bonds. The van der Waals surface area contributed by atoms with Gasteiger partial charge in [0, 0.05) is 16.7 Å². The lowest BCUT2D eigenvalue weighted by Gasteiger charge is -2.17. The summed E-state index contributed by atoms with van der Waals surface area (Å²) in [7, 11) is 0. The third kappa shape index (κ3) is 3.14. The minimum absolute atomic E-state index is 0.673. The van der Waals surface area contributed by atoms with Crippen LogP contribution in [0.3, 0.4) is 0 Å². The molecule has 4 aromatic carbocycles. The molecule has 0 spiro atoms. The molecule has 4 aromatic rings. The first-order chi connectivity index (χ1) is 12.8. The average molecular weight is 375 g/mol. The Morgan fingerprint density at radius 3 is 1.15 bits per heavy atom. The highest BCUT2D eigenvalue weighted by Gasteiger charge is 2.18. The Labute approximate surface area is 163 Å². The van der Waals surface area contributed by atoms with Gasteiger partial charge in [-0.05, 0) is 22.8 Å². The lowest BCUT2D eigenvalue weighted by molar-refractivity contribution is 1.56. The van der Waals surface area contributed by atoms with Crippen LogP contribution in [0.1, 0.15) is 0 Å². The Kier molecular flexibility index (Phi) is 4.79. The summed E-state index contributed by atoms with van der Waals surface area (Å²) in [5.41, 5.74) is 5.99. The normalized spacial score (nSPS) is 10.7. The van der Waals surface area contributed by atoms with Crippen molar-refractivity contribution in [2.24, 2.45) is 0 Å². The molecule has 0 heterocycles. The molecule has 0 unspecified atom stereocenters. The van der Waals surface area contributed by atoms with Crippen molar-refractivity contribution < 1.29 is 0 Å². The summed E-state index contributed by atoms with van der Waals surface area (Å²) in [4.78, 5) is 0. The van der Waals surface area contributed by atoms with E-state index in [0.29, 0.717) is 10.0 Å². The van der Waals surface area contributed by atoms with Crippen molar-refractivity contribution in [3.8, 4) is 33.4 Å². The van der Waals surface area contributed by atoms with Gasteiger partial charge in [0.25, 0.3) is 0 Å². The van der Waals surface area contributed by atoms with E-state index < -0.39 is 0 Å². The van der Waals surface area contributed by atoms with Crippen LogP contribution in [0.5, 0.6) is 0 Å². The third-order valence-corrected chi connectivity index (χ3v) is 5.22. The largest absolute Gasteiger partial charge is 0.0829 e. The van der Waals surface area contributed by atoms with Crippen molar-refractivity contribution in [3.63, 3.8) is 0 Å². The van der Waals surface area contributed by atoms with Gasteiger partial charge in [-0.25, -0.2) is 0 Å². The summed E-state index contributed by atoms with van der Waals surface area (Å²) in [5, 5.41) is 1.35. The summed E-state index contributed by atoms with van der Waals surface area (Å²) in [6.45, 7) is 0. The predicted octanol–water partition coefficient (Wildman–Crippen LogP) is 7.99. The van der Waals surface area contributed by atoms with Gasteiger partial charge in [0.2, 0.25) is 0 Å².